The molecule has 3 nitrogen and oxygen atoms in total. The lowest BCUT2D eigenvalue weighted by Gasteiger charge is -2.25. The van der Waals surface area contributed by atoms with Crippen molar-refractivity contribution in [3.63, 3.8) is 0 Å². The van der Waals surface area contributed by atoms with E-state index in [4.69, 9.17) is 11.6 Å². The van der Waals surface area contributed by atoms with Crippen LogP contribution in [-0.4, -0.2) is 31.2 Å². The first-order chi connectivity index (χ1) is 8.30. The topological polar surface area (TPSA) is 37.4 Å². The zero-order chi connectivity index (χ0) is 13.9. The molecule has 18 heavy (non-hydrogen) atoms. The number of thiophene rings is 1. The van der Waals surface area contributed by atoms with Gasteiger partial charge in [0.15, 0.2) is 0 Å². The molecule has 0 aromatic carbocycles. The normalized spacial score (nSPS) is 12.6. The van der Waals surface area contributed by atoms with Crippen molar-refractivity contribution in [3.05, 3.63) is 14.7 Å². The van der Waals surface area contributed by atoms with Crippen LogP contribution in [0.3, 0.4) is 0 Å². The molecule has 0 N–H and O–H groups in total. The van der Waals surface area contributed by atoms with Gasteiger partial charge in [-0.2, -0.15) is 4.31 Å². The van der Waals surface area contributed by atoms with Gasteiger partial charge in [0.2, 0.25) is 10.0 Å². The van der Waals surface area contributed by atoms with Crippen LogP contribution < -0.4 is 0 Å². The second-order valence-electron chi connectivity index (χ2n) is 4.22. The SMILES string of the molecule is Cc1sc(Br)cc1S(=O)(=O)N(CCCCl)C(C)C. The van der Waals surface area contributed by atoms with Gasteiger partial charge in [0, 0.05) is 23.3 Å². The average molecular weight is 375 g/mol. The minimum atomic E-state index is -3.43. The van der Waals surface area contributed by atoms with Crippen LogP contribution in [0.1, 0.15) is 25.1 Å². The van der Waals surface area contributed by atoms with Crippen LogP contribution in [0.5, 0.6) is 0 Å². The zero-order valence-electron chi connectivity index (χ0n) is 10.6. The first kappa shape index (κ1) is 16.4. The Labute approximate surface area is 126 Å². The highest BCUT2D eigenvalue weighted by Gasteiger charge is 2.29. The predicted octanol–water partition coefficient (Wildman–Crippen LogP) is 3.85. The molecule has 1 rings (SSSR count). The van der Waals surface area contributed by atoms with Gasteiger partial charge in [-0.15, -0.1) is 22.9 Å². The lowest BCUT2D eigenvalue weighted by atomic mass is 10.4. The summed E-state index contributed by atoms with van der Waals surface area (Å²) in [6.07, 6.45) is 0.656. The van der Waals surface area contributed by atoms with E-state index in [-0.39, 0.29) is 6.04 Å². The molecule has 0 aliphatic carbocycles. The summed E-state index contributed by atoms with van der Waals surface area (Å²) in [7, 11) is -3.43. The first-order valence-electron chi connectivity index (χ1n) is 5.64. The van der Waals surface area contributed by atoms with Crippen molar-refractivity contribution in [3.8, 4) is 0 Å². The summed E-state index contributed by atoms with van der Waals surface area (Å²) in [6.45, 7) is 6.03. The molecule has 0 saturated carbocycles. The Morgan fingerprint density at radius 3 is 2.50 bits per heavy atom. The summed E-state index contributed by atoms with van der Waals surface area (Å²) in [5.74, 6) is 0.463. The molecule has 1 aromatic heterocycles. The fourth-order valence-electron chi connectivity index (χ4n) is 1.68. The summed E-state index contributed by atoms with van der Waals surface area (Å²) >= 11 is 10.4. The Bertz CT molecular complexity index is 499. The Morgan fingerprint density at radius 1 is 1.50 bits per heavy atom. The van der Waals surface area contributed by atoms with E-state index in [1.807, 2.05) is 20.8 Å². The van der Waals surface area contributed by atoms with Crippen LogP contribution >= 0.6 is 38.9 Å². The highest BCUT2D eigenvalue weighted by Crippen LogP contribution is 2.32. The van der Waals surface area contributed by atoms with E-state index in [9.17, 15) is 8.42 Å². The van der Waals surface area contributed by atoms with Crippen LogP contribution in [0.15, 0.2) is 14.7 Å². The molecule has 0 radical (unpaired) electrons. The number of aryl methyl sites for hydroxylation is 1. The molecule has 0 saturated heterocycles. The summed E-state index contributed by atoms with van der Waals surface area (Å²) < 4.78 is 27.5. The van der Waals surface area contributed by atoms with Gasteiger partial charge < -0.3 is 0 Å². The van der Waals surface area contributed by atoms with Crippen LogP contribution in [0.4, 0.5) is 0 Å². The van der Waals surface area contributed by atoms with Crippen LogP contribution in [0.25, 0.3) is 0 Å². The first-order valence-corrected chi connectivity index (χ1v) is 9.23. The van der Waals surface area contributed by atoms with Gasteiger partial charge in [0.1, 0.15) is 0 Å². The van der Waals surface area contributed by atoms with Crippen molar-refractivity contribution in [2.75, 3.05) is 12.4 Å². The average Bonchev–Trinajstić information content (AvgIpc) is 2.58. The molecular weight excluding hydrogens is 358 g/mol. The van der Waals surface area contributed by atoms with Gasteiger partial charge in [-0.25, -0.2) is 8.42 Å². The van der Waals surface area contributed by atoms with E-state index >= 15 is 0 Å². The summed E-state index contributed by atoms with van der Waals surface area (Å²) in [5, 5.41) is 0. The van der Waals surface area contributed by atoms with E-state index in [0.717, 1.165) is 8.66 Å². The number of sulfonamides is 1. The highest BCUT2D eigenvalue weighted by atomic mass is 79.9. The molecule has 7 heteroatoms. The van der Waals surface area contributed by atoms with Crippen molar-refractivity contribution in [2.24, 2.45) is 0 Å². The van der Waals surface area contributed by atoms with Gasteiger partial charge in [-0.05, 0) is 49.2 Å². The monoisotopic (exact) mass is 373 g/mol. The molecule has 0 aliphatic heterocycles. The molecule has 1 aromatic rings. The number of rotatable bonds is 6. The number of hydrogen-bond acceptors (Lipinski definition) is 3. The van der Waals surface area contributed by atoms with E-state index < -0.39 is 10.0 Å². The molecule has 0 bridgehead atoms. The van der Waals surface area contributed by atoms with Crippen LogP contribution in [0.2, 0.25) is 0 Å². The quantitative estimate of drug-likeness (QED) is 0.709. The lowest BCUT2D eigenvalue weighted by molar-refractivity contribution is 0.354. The predicted molar refractivity (Wildman–Crippen MR) is 81.1 cm³/mol. The molecule has 1 heterocycles. The Hall–Kier alpha value is 0.380. The molecule has 0 amide bonds. The summed E-state index contributed by atoms with van der Waals surface area (Å²) in [4.78, 5) is 1.20. The van der Waals surface area contributed by atoms with Crippen molar-refractivity contribution in [1.29, 1.82) is 0 Å². The second kappa shape index (κ2) is 6.70. The third kappa shape index (κ3) is 3.70. The molecule has 0 unspecified atom stereocenters. The standard InChI is InChI=1S/C11H17BrClNO2S2/c1-8(2)14(6-4-5-13)18(15,16)10-7-11(12)17-9(10)3/h7-8H,4-6H2,1-3H3. The molecule has 0 atom stereocenters. The van der Waals surface area contributed by atoms with Crippen molar-refractivity contribution >= 4 is 48.9 Å². The number of halogens is 2. The number of nitrogens with zero attached hydrogens (tertiary/aromatic N) is 1. The molecule has 0 fully saturated rings. The molecule has 0 spiro atoms. The van der Waals surface area contributed by atoms with E-state index in [1.165, 1.54) is 15.6 Å². The second-order valence-corrected chi connectivity index (χ2v) is 9.10. The minimum absolute atomic E-state index is 0.0729. The zero-order valence-corrected chi connectivity index (χ0v) is 14.6. The Morgan fingerprint density at radius 2 is 2.11 bits per heavy atom. The maximum Gasteiger partial charge on any atom is 0.244 e. The van der Waals surface area contributed by atoms with Crippen molar-refractivity contribution < 1.29 is 8.42 Å². The Balaban J connectivity index is 3.13. The highest BCUT2D eigenvalue weighted by molar-refractivity contribution is 9.11. The fourth-order valence-corrected chi connectivity index (χ4v) is 5.86. The lowest BCUT2D eigenvalue weighted by Crippen LogP contribution is -2.37. The maximum atomic E-state index is 12.6. The molecular formula is C11H17BrClNO2S2. The van der Waals surface area contributed by atoms with Gasteiger partial charge in [-0.1, -0.05) is 0 Å². The summed E-state index contributed by atoms with van der Waals surface area (Å²) in [6, 6.07) is 1.60. The van der Waals surface area contributed by atoms with E-state index in [1.54, 1.807) is 6.07 Å². The van der Waals surface area contributed by atoms with Crippen molar-refractivity contribution in [1.82, 2.24) is 4.31 Å². The van der Waals surface area contributed by atoms with Gasteiger partial charge in [-0.3, -0.25) is 0 Å². The third-order valence-corrected chi connectivity index (χ3v) is 6.67. The van der Waals surface area contributed by atoms with E-state index in [0.29, 0.717) is 23.7 Å². The van der Waals surface area contributed by atoms with Gasteiger partial charge in [0.25, 0.3) is 0 Å². The van der Waals surface area contributed by atoms with Crippen molar-refractivity contribution in [2.45, 2.75) is 38.1 Å². The molecule has 0 aliphatic rings. The number of alkyl halides is 1. The maximum absolute atomic E-state index is 12.6. The van der Waals surface area contributed by atoms with Crippen LogP contribution in [-0.2, 0) is 10.0 Å². The number of hydrogen-bond donors (Lipinski definition) is 0. The largest absolute Gasteiger partial charge is 0.244 e. The Kier molecular flexibility index (Phi) is 6.12. The third-order valence-electron chi connectivity index (χ3n) is 2.52. The summed E-state index contributed by atoms with van der Waals surface area (Å²) in [5.41, 5.74) is 0. The van der Waals surface area contributed by atoms with Gasteiger partial charge in [0.05, 0.1) is 8.68 Å². The minimum Gasteiger partial charge on any atom is -0.207 e. The van der Waals surface area contributed by atoms with E-state index in [2.05, 4.69) is 15.9 Å². The van der Waals surface area contributed by atoms with Gasteiger partial charge >= 0.3 is 0 Å². The smallest absolute Gasteiger partial charge is 0.207 e. The fraction of sp³-hybridized carbons (Fsp3) is 0.636. The molecule has 104 valence electrons. The van der Waals surface area contributed by atoms with Crippen LogP contribution in [0, 0.1) is 6.92 Å².